The minimum atomic E-state index is -1.45. The van der Waals surface area contributed by atoms with Gasteiger partial charge in [0.05, 0.1) is 6.42 Å². The lowest BCUT2D eigenvalue weighted by Crippen LogP contribution is -2.53. The largest absolute Gasteiger partial charge is 0.481 e. The molecule has 0 aliphatic carbocycles. The first kappa shape index (κ1) is 29.8. The first-order valence-electron chi connectivity index (χ1n) is 12.0. The Balaban J connectivity index is 2.15. The van der Waals surface area contributed by atoms with Gasteiger partial charge in [-0.2, -0.15) is 0 Å². The molecule has 4 N–H and O–H groups in total. The van der Waals surface area contributed by atoms with Crippen LogP contribution in [-0.4, -0.2) is 52.6 Å². The van der Waals surface area contributed by atoms with Crippen molar-refractivity contribution in [3.63, 3.8) is 0 Å². The Morgan fingerprint density at radius 1 is 0.842 bits per heavy atom. The second-order valence-electron chi connectivity index (χ2n) is 9.40. The summed E-state index contributed by atoms with van der Waals surface area (Å²) >= 11 is 0. The number of ether oxygens (including phenoxy) is 2. The Labute approximate surface area is 220 Å². The number of aliphatic carboxylic acids is 1. The van der Waals surface area contributed by atoms with Crippen LogP contribution >= 0.6 is 0 Å². The van der Waals surface area contributed by atoms with Gasteiger partial charge in [-0.3, -0.25) is 19.2 Å². The third-order valence-electron chi connectivity index (χ3n) is 4.93. The van der Waals surface area contributed by atoms with E-state index in [0.29, 0.717) is 11.3 Å². The van der Waals surface area contributed by atoms with Crippen molar-refractivity contribution in [1.29, 1.82) is 0 Å². The lowest BCUT2D eigenvalue weighted by molar-refractivity contribution is -0.156. The van der Waals surface area contributed by atoms with Gasteiger partial charge < -0.3 is 30.5 Å². The molecular formula is C27H33N3O8. The molecule has 38 heavy (non-hydrogen) atoms. The quantitative estimate of drug-likeness (QED) is 0.307. The molecule has 0 bridgehead atoms. The molecule has 0 radical (unpaired) electrons. The van der Waals surface area contributed by atoms with Crippen molar-refractivity contribution in [2.75, 3.05) is 5.32 Å². The van der Waals surface area contributed by atoms with Gasteiger partial charge in [0.1, 0.15) is 24.3 Å². The van der Waals surface area contributed by atoms with Crippen molar-refractivity contribution in [2.45, 2.75) is 64.3 Å². The smallest absolute Gasteiger partial charge is 0.408 e. The minimum absolute atomic E-state index is 0.0752. The highest BCUT2D eigenvalue weighted by Crippen LogP contribution is 2.12. The zero-order valence-corrected chi connectivity index (χ0v) is 21.6. The molecular weight excluding hydrogens is 494 g/mol. The Kier molecular flexibility index (Phi) is 11.3. The van der Waals surface area contributed by atoms with E-state index in [4.69, 9.17) is 14.6 Å². The Morgan fingerprint density at radius 3 is 2.03 bits per heavy atom. The first-order valence-corrected chi connectivity index (χ1v) is 12.0. The minimum Gasteiger partial charge on any atom is -0.481 e. The second-order valence-corrected chi connectivity index (χ2v) is 9.40. The highest BCUT2D eigenvalue weighted by molar-refractivity contribution is 5.99. The van der Waals surface area contributed by atoms with Gasteiger partial charge >= 0.3 is 18.0 Å². The van der Waals surface area contributed by atoms with E-state index in [9.17, 15) is 24.0 Å². The van der Waals surface area contributed by atoms with Crippen LogP contribution in [0.2, 0.25) is 0 Å². The van der Waals surface area contributed by atoms with Crippen molar-refractivity contribution in [2.24, 2.45) is 0 Å². The molecule has 0 aliphatic rings. The zero-order valence-electron chi connectivity index (χ0n) is 21.6. The molecule has 11 heteroatoms. The van der Waals surface area contributed by atoms with Crippen LogP contribution in [0.5, 0.6) is 0 Å². The summed E-state index contributed by atoms with van der Waals surface area (Å²) in [7, 11) is 0. The average Bonchev–Trinajstić information content (AvgIpc) is 2.84. The topological polar surface area (TPSA) is 160 Å². The number of carbonyl (C=O) groups is 5. The third-order valence-corrected chi connectivity index (χ3v) is 4.93. The summed E-state index contributed by atoms with van der Waals surface area (Å²) in [4.78, 5) is 62.0. The summed E-state index contributed by atoms with van der Waals surface area (Å²) in [6.45, 7) is 4.88. The number of rotatable bonds is 12. The van der Waals surface area contributed by atoms with E-state index >= 15 is 0 Å². The Morgan fingerprint density at radius 2 is 1.45 bits per heavy atom. The van der Waals surface area contributed by atoms with Gasteiger partial charge in [-0.15, -0.1) is 0 Å². The van der Waals surface area contributed by atoms with Crippen molar-refractivity contribution in [3.05, 3.63) is 66.2 Å². The fraction of sp³-hybridized carbons (Fsp3) is 0.370. The van der Waals surface area contributed by atoms with Crippen LogP contribution in [0, 0.1) is 0 Å². The number of amides is 3. The molecule has 0 aromatic heterocycles. The van der Waals surface area contributed by atoms with E-state index in [1.807, 2.05) is 0 Å². The van der Waals surface area contributed by atoms with Crippen LogP contribution in [0.15, 0.2) is 60.7 Å². The summed E-state index contributed by atoms with van der Waals surface area (Å²) < 4.78 is 10.4. The van der Waals surface area contributed by atoms with E-state index in [1.165, 1.54) is 0 Å². The average molecular weight is 528 g/mol. The number of carboxylic acid groups (broad SMARTS) is 1. The van der Waals surface area contributed by atoms with E-state index in [-0.39, 0.29) is 13.0 Å². The van der Waals surface area contributed by atoms with E-state index in [1.54, 1.807) is 81.4 Å². The second kappa shape index (κ2) is 14.4. The van der Waals surface area contributed by atoms with Crippen molar-refractivity contribution in [1.82, 2.24) is 10.6 Å². The fourth-order valence-electron chi connectivity index (χ4n) is 3.23. The molecule has 0 spiro atoms. The number of hydrogen-bond donors (Lipinski definition) is 4. The van der Waals surface area contributed by atoms with Crippen molar-refractivity contribution >= 4 is 35.5 Å². The molecule has 3 amide bonds. The normalized spacial score (nSPS) is 12.4. The van der Waals surface area contributed by atoms with Crippen LogP contribution in [0.4, 0.5) is 10.5 Å². The molecule has 2 rings (SSSR count). The number of carboxylic acids is 1. The van der Waals surface area contributed by atoms with Gasteiger partial charge in [0.15, 0.2) is 0 Å². The SMILES string of the molecule is CC(C)(C)OC(=O)C[C@H](NC(=O)OCc1ccccc1)C(=O)N[C@@H](CCC(=O)O)C(=O)Nc1ccccc1. The monoisotopic (exact) mass is 527 g/mol. The Hall–Kier alpha value is -4.41. The predicted octanol–water partition coefficient (Wildman–Crippen LogP) is 3.00. The van der Waals surface area contributed by atoms with Gasteiger partial charge in [0.25, 0.3) is 0 Å². The predicted molar refractivity (Wildman–Crippen MR) is 138 cm³/mol. The first-order chi connectivity index (χ1) is 17.9. The summed E-state index contributed by atoms with van der Waals surface area (Å²) in [5, 5.41) is 16.5. The summed E-state index contributed by atoms with van der Waals surface area (Å²) in [6, 6.07) is 14.5. The van der Waals surface area contributed by atoms with Crippen LogP contribution < -0.4 is 16.0 Å². The van der Waals surface area contributed by atoms with E-state index < -0.39 is 60.4 Å². The van der Waals surface area contributed by atoms with Crippen molar-refractivity contribution < 1.29 is 38.6 Å². The summed E-state index contributed by atoms with van der Waals surface area (Å²) in [5.74, 6) is -3.47. The number of hydrogen-bond acceptors (Lipinski definition) is 7. The molecule has 0 saturated carbocycles. The summed E-state index contributed by atoms with van der Waals surface area (Å²) in [5.41, 5.74) is 0.313. The maximum atomic E-state index is 13.1. The molecule has 0 saturated heterocycles. The number of anilines is 1. The number of nitrogens with one attached hydrogen (secondary N) is 3. The number of carbonyl (C=O) groups excluding carboxylic acids is 4. The molecule has 204 valence electrons. The standard InChI is InChI=1S/C27H33N3O8/c1-27(2,3)38-23(33)16-21(30-26(36)37-17-18-10-6-4-7-11-18)25(35)29-20(14-15-22(31)32)24(34)28-19-12-8-5-9-13-19/h4-13,20-21H,14-17H2,1-3H3,(H,28,34)(H,29,35)(H,30,36)(H,31,32)/t20-,21-/m0/s1. The van der Waals surface area contributed by atoms with Gasteiger partial charge in [-0.05, 0) is 44.9 Å². The van der Waals surface area contributed by atoms with Crippen LogP contribution in [0.1, 0.15) is 45.6 Å². The van der Waals surface area contributed by atoms with Crippen molar-refractivity contribution in [3.8, 4) is 0 Å². The zero-order chi connectivity index (χ0) is 28.1. The lowest BCUT2D eigenvalue weighted by atomic mass is 10.1. The van der Waals surface area contributed by atoms with Gasteiger partial charge in [0, 0.05) is 12.1 Å². The molecule has 0 fully saturated rings. The molecule has 2 atom stereocenters. The third kappa shape index (κ3) is 11.5. The maximum absolute atomic E-state index is 13.1. The van der Waals surface area contributed by atoms with Crippen LogP contribution in [-0.2, 0) is 35.3 Å². The molecule has 11 nitrogen and oxygen atoms in total. The van der Waals surface area contributed by atoms with E-state index in [0.717, 1.165) is 0 Å². The highest BCUT2D eigenvalue weighted by Gasteiger charge is 2.31. The number of para-hydroxylation sites is 1. The van der Waals surface area contributed by atoms with Crippen LogP contribution in [0.3, 0.4) is 0 Å². The number of esters is 1. The highest BCUT2D eigenvalue weighted by atomic mass is 16.6. The number of benzene rings is 2. The van der Waals surface area contributed by atoms with Gasteiger partial charge in [-0.25, -0.2) is 4.79 Å². The fourth-order valence-corrected chi connectivity index (χ4v) is 3.23. The molecule has 0 unspecified atom stereocenters. The lowest BCUT2D eigenvalue weighted by Gasteiger charge is -2.24. The maximum Gasteiger partial charge on any atom is 0.408 e. The summed E-state index contributed by atoms with van der Waals surface area (Å²) in [6.07, 6.45) is -2.14. The van der Waals surface area contributed by atoms with Crippen LogP contribution in [0.25, 0.3) is 0 Å². The van der Waals surface area contributed by atoms with E-state index in [2.05, 4.69) is 16.0 Å². The molecule has 0 heterocycles. The number of alkyl carbamates (subject to hydrolysis) is 1. The Bertz CT molecular complexity index is 1100. The molecule has 2 aromatic carbocycles. The van der Waals surface area contributed by atoms with Gasteiger partial charge in [0.2, 0.25) is 11.8 Å². The van der Waals surface area contributed by atoms with Gasteiger partial charge in [-0.1, -0.05) is 48.5 Å². The molecule has 2 aromatic rings. The molecule has 0 aliphatic heterocycles.